The topological polar surface area (TPSA) is 134 Å². The van der Waals surface area contributed by atoms with Crippen LogP contribution in [0, 0.1) is 0 Å². The molecule has 0 bridgehead atoms. The predicted molar refractivity (Wildman–Crippen MR) is 144 cm³/mol. The van der Waals surface area contributed by atoms with Gasteiger partial charge in [0.1, 0.15) is 23.9 Å². The van der Waals surface area contributed by atoms with Crippen LogP contribution in [0.2, 0.25) is 0 Å². The molecule has 0 fully saturated rings. The van der Waals surface area contributed by atoms with Crippen molar-refractivity contribution < 1.29 is 33.8 Å². The van der Waals surface area contributed by atoms with E-state index in [0.717, 1.165) is 32.1 Å². The van der Waals surface area contributed by atoms with Gasteiger partial charge >= 0.3 is 12.1 Å². The van der Waals surface area contributed by atoms with Crippen molar-refractivity contribution >= 4 is 23.9 Å². The number of phenolic OH excluding ortho intramolecular Hbond substituents is 1. The molecule has 1 aromatic carbocycles. The van der Waals surface area contributed by atoms with Gasteiger partial charge in [-0.2, -0.15) is 0 Å². The highest BCUT2D eigenvalue weighted by Crippen LogP contribution is 2.24. The summed E-state index contributed by atoms with van der Waals surface area (Å²) in [6, 6.07) is 5.02. The Morgan fingerprint density at radius 3 is 2.18 bits per heavy atom. The zero-order valence-electron chi connectivity index (χ0n) is 23.5. The fourth-order valence-electron chi connectivity index (χ4n) is 3.77. The number of alkyl carbamates (subject to hydrolysis) is 1. The molecule has 1 atom stereocenters. The average Bonchev–Trinajstić information content (AvgIpc) is 2.84. The molecule has 1 aromatic rings. The number of rotatable bonds is 16. The second-order valence-corrected chi connectivity index (χ2v) is 10.1. The molecule has 0 saturated carbocycles. The Labute approximate surface area is 226 Å². The molecule has 1 unspecified atom stereocenters. The number of hydrogen-bond acceptors (Lipinski definition) is 7. The third kappa shape index (κ3) is 13.3. The lowest BCUT2D eigenvalue weighted by Crippen LogP contribution is -2.48. The van der Waals surface area contributed by atoms with E-state index in [1.165, 1.54) is 17.0 Å². The highest BCUT2D eigenvalue weighted by molar-refractivity contribution is 5.90. The molecule has 0 radical (unpaired) electrons. The van der Waals surface area contributed by atoms with E-state index in [1.807, 2.05) is 0 Å². The zero-order chi connectivity index (χ0) is 28.6. The maximum atomic E-state index is 13.4. The first kappa shape index (κ1) is 32.7. The summed E-state index contributed by atoms with van der Waals surface area (Å²) in [6.45, 7) is 9.24. The van der Waals surface area contributed by atoms with E-state index in [4.69, 9.17) is 9.47 Å². The number of amides is 3. The van der Waals surface area contributed by atoms with E-state index in [1.54, 1.807) is 39.8 Å². The minimum absolute atomic E-state index is 0.00650. The van der Waals surface area contributed by atoms with E-state index in [0.29, 0.717) is 12.0 Å². The third-order valence-corrected chi connectivity index (χ3v) is 5.56. The molecule has 0 aliphatic carbocycles. The highest BCUT2D eigenvalue weighted by Gasteiger charge is 2.31. The Bertz CT molecular complexity index is 881. The summed E-state index contributed by atoms with van der Waals surface area (Å²) >= 11 is 0. The van der Waals surface area contributed by atoms with Gasteiger partial charge in [-0.1, -0.05) is 51.2 Å². The molecule has 1 rings (SSSR count). The molecule has 0 saturated heterocycles. The largest absolute Gasteiger partial charge is 0.508 e. The average molecular weight is 536 g/mol. The van der Waals surface area contributed by atoms with Crippen molar-refractivity contribution in [3.63, 3.8) is 0 Å². The number of hydrogen-bond donors (Lipinski definition) is 3. The molecule has 3 amide bonds. The lowest BCUT2D eigenvalue weighted by atomic mass is 10.0. The maximum Gasteiger partial charge on any atom is 0.408 e. The summed E-state index contributed by atoms with van der Waals surface area (Å²) in [7, 11) is 0. The predicted octanol–water partition coefficient (Wildman–Crippen LogP) is 4.22. The van der Waals surface area contributed by atoms with Crippen LogP contribution in [0.25, 0.3) is 0 Å². The molecular weight excluding hydrogens is 490 g/mol. The van der Waals surface area contributed by atoms with Crippen molar-refractivity contribution in [1.29, 1.82) is 0 Å². The summed E-state index contributed by atoms with van der Waals surface area (Å²) in [5.74, 6) is -1.34. The second-order valence-electron chi connectivity index (χ2n) is 10.1. The Hall–Kier alpha value is -3.30. The molecule has 10 nitrogen and oxygen atoms in total. The fourth-order valence-corrected chi connectivity index (χ4v) is 3.77. The summed E-state index contributed by atoms with van der Waals surface area (Å²) < 4.78 is 10.1. The smallest absolute Gasteiger partial charge is 0.408 e. The van der Waals surface area contributed by atoms with E-state index in [-0.39, 0.29) is 38.4 Å². The molecule has 214 valence electrons. The van der Waals surface area contributed by atoms with Crippen LogP contribution in [0.5, 0.6) is 5.75 Å². The number of ether oxygens (including phenoxy) is 2. The van der Waals surface area contributed by atoms with Crippen LogP contribution in [0.1, 0.15) is 91.2 Å². The van der Waals surface area contributed by atoms with Crippen LogP contribution in [-0.2, 0) is 23.9 Å². The minimum atomic E-state index is -1.03. The molecule has 0 aliphatic rings. The summed E-state index contributed by atoms with van der Waals surface area (Å²) in [5, 5.41) is 15.0. The van der Waals surface area contributed by atoms with Gasteiger partial charge in [0.05, 0.1) is 13.0 Å². The van der Waals surface area contributed by atoms with Gasteiger partial charge in [-0.3, -0.25) is 14.4 Å². The van der Waals surface area contributed by atoms with Crippen molar-refractivity contribution in [3.8, 4) is 5.75 Å². The number of nitrogens with one attached hydrogen (secondary N) is 2. The normalized spacial score (nSPS) is 11.8. The van der Waals surface area contributed by atoms with Gasteiger partial charge in [-0.05, 0) is 51.8 Å². The van der Waals surface area contributed by atoms with Gasteiger partial charge in [0.25, 0.3) is 0 Å². The van der Waals surface area contributed by atoms with Gasteiger partial charge < -0.3 is 30.1 Å². The number of nitrogens with zero attached hydrogens (tertiary/aromatic N) is 1. The Morgan fingerprint density at radius 1 is 0.947 bits per heavy atom. The van der Waals surface area contributed by atoms with Gasteiger partial charge in [0.15, 0.2) is 0 Å². The van der Waals surface area contributed by atoms with Crippen LogP contribution in [0.15, 0.2) is 24.3 Å². The number of benzene rings is 1. The first-order chi connectivity index (χ1) is 18.0. The molecule has 0 heterocycles. The summed E-state index contributed by atoms with van der Waals surface area (Å²) in [4.78, 5) is 52.1. The second kappa shape index (κ2) is 17.3. The maximum absolute atomic E-state index is 13.4. The lowest BCUT2D eigenvalue weighted by Gasteiger charge is -2.32. The molecular formula is C28H45N3O7. The van der Waals surface area contributed by atoms with Crippen LogP contribution < -0.4 is 10.6 Å². The molecule has 10 heteroatoms. The highest BCUT2D eigenvalue weighted by atomic mass is 16.6. The first-order valence-corrected chi connectivity index (χ1v) is 13.5. The molecule has 0 aliphatic heterocycles. The monoisotopic (exact) mass is 535 g/mol. The van der Waals surface area contributed by atoms with Crippen molar-refractivity contribution in [2.45, 2.75) is 91.2 Å². The molecule has 3 N–H and O–H groups in total. The molecule has 38 heavy (non-hydrogen) atoms. The van der Waals surface area contributed by atoms with Gasteiger partial charge in [-0.15, -0.1) is 0 Å². The fraction of sp³-hybridized carbons (Fsp3) is 0.643. The number of aromatic hydroxyl groups is 1. The number of unbranched alkanes of at least 4 members (excludes halogenated alkanes) is 5. The van der Waals surface area contributed by atoms with Crippen molar-refractivity contribution in [2.24, 2.45) is 0 Å². The van der Waals surface area contributed by atoms with Crippen molar-refractivity contribution in [3.05, 3.63) is 29.8 Å². The zero-order valence-corrected chi connectivity index (χ0v) is 23.5. The Kier molecular flexibility index (Phi) is 14.9. The van der Waals surface area contributed by atoms with Crippen LogP contribution >= 0.6 is 0 Å². The van der Waals surface area contributed by atoms with Crippen LogP contribution in [0.4, 0.5) is 4.79 Å². The van der Waals surface area contributed by atoms with E-state index >= 15 is 0 Å². The van der Waals surface area contributed by atoms with E-state index < -0.39 is 35.5 Å². The van der Waals surface area contributed by atoms with Crippen LogP contribution in [0.3, 0.4) is 0 Å². The van der Waals surface area contributed by atoms with Gasteiger partial charge in [-0.25, -0.2) is 4.79 Å². The summed E-state index contributed by atoms with van der Waals surface area (Å²) in [5.41, 5.74) is -0.230. The van der Waals surface area contributed by atoms with Gasteiger partial charge in [0, 0.05) is 13.1 Å². The Morgan fingerprint density at radius 2 is 1.58 bits per heavy atom. The quantitative estimate of drug-likeness (QED) is 0.213. The SMILES string of the molecule is CCCCCCCCN(C(=O)CNC(=O)OC(C)(C)C)C(C(=O)NCCC(=O)OCC)c1ccc(O)cc1. The van der Waals surface area contributed by atoms with Crippen LogP contribution in [-0.4, -0.2) is 65.7 Å². The molecule has 0 spiro atoms. The number of carbonyl (C=O) groups excluding carboxylic acids is 4. The number of esters is 1. The number of phenols is 1. The first-order valence-electron chi connectivity index (χ1n) is 13.5. The third-order valence-electron chi connectivity index (χ3n) is 5.56. The van der Waals surface area contributed by atoms with Crippen molar-refractivity contribution in [1.82, 2.24) is 15.5 Å². The molecule has 0 aromatic heterocycles. The van der Waals surface area contributed by atoms with Crippen molar-refractivity contribution in [2.75, 3.05) is 26.2 Å². The number of carbonyl (C=O) groups is 4. The Balaban J connectivity index is 3.11. The summed E-state index contributed by atoms with van der Waals surface area (Å²) in [6.07, 6.45) is 5.19. The standard InChI is InChI=1S/C28H45N3O7/c1-6-8-9-10-11-12-19-31(23(33)20-30-27(36)38-28(3,4)5)25(21-13-15-22(32)16-14-21)26(35)29-18-17-24(34)37-7-2/h13-16,25,32H,6-12,17-20H2,1-5H3,(H,29,35)(H,30,36). The van der Waals surface area contributed by atoms with E-state index in [2.05, 4.69) is 17.6 Å². The van der Waals surface area contributed by atoms with E-state index in [9.17, 15) is 24.3 Å². The minimum Gasteiger partial charge on any atom is -0.508 e. The van der Waals surface area contributed by atoms with Gasteiger partial charge in [0.2, 0.25) is 11.8 Å². The lowest BCUT2D eigenvalue weighted by molar-refractivity contribution is -0.143.